The van der Waals surface area contributed by atoms with Crippen LogP contribution >= 0.6 is 35.3 Å². The zero-order valence-corrected chi connectivity index (χ0v) is 14.3. The molecule has 0 saturated heterocycles. The van der Waals surface area contributed by atoms with E-state index < -0.39 is 0 Å². The van der Waals surface area contributed by atoms with Crippen molar-refractivity contribution in [2.24, 2.45) is 4.99 Å². The van der Waals surface area contributed by atoms with Crippen LogP contribution in [0.2, 0.25) is 0 Å². The minimum absolute atomic E-state index is 0. The van der Waals surface area contributed by atoms with Crippen LogP contribution in [0.3, 0.4) is 0 Å². The van der Waals surface area contributed by atoms with E-state index in [-0.39, 0.29) is 24.0 Å². The molecule has 0 atom stereocenters. The first-order valence-corrected chi connectivity index (χ1v) is 6.97. The fourth-order valence-corrected chi connectivity index (χ4v) is 2.91. The Morgan fingerprint density at radius 2 is 2.22 bits per heavy atom. The molecular weight excluding hydrogens is 359 g/mol. The quantitative estimate of drug-likeness (QED) is 0.793. The Morgan fingerprint density at radius 3 is 2.78 bits per heavy atom. The second kappa shape index (κ2) is 7.28. The first kappa shape index (κ1) is 15.7. The van der Waals surface area contributed by atoms with E-state index in [4.69, 9.17) is 0 Å². The van der Waals surface area contributed by atoms with Crippen LogP contribution in [0.4, 0.5) is 0 Å². The van der Waals surface area contributed by atoms with Crippen LogP contribution in [-0.2, 0) is 6.54 Å². The third kappa shape index (κ3) is 4.08. The van der Waals surface area contributed by atoms with Crippen LogP contribution in [0, 0.1) is 6.92 Å². The number of halogens is 1. The van der Waals surface area contributed by atoms with Gasteiger partial charge in [-0.15, -0.1) is 35.3 Å². The number of nitrogens with one attached hydrogen (secondary N) is 2. The fourth-order valence-electron chi connectivity index (χ4n) is 1.89. The van der Waals surface area contributed by atoms with Crippen molar-refractivity contribution in [1.29, 1.82) is 0 Å². The van der Waals surface area contributed by atoms with Gasteiger partial charge in [-0.1, -0.05) is 13.8 Å². The highest BCUT2D eigenvalue weighted by Gasteiger charge is 2.11. The molecule has 0 amide bonds. The first-order valence-electron chi connectivity index (χ1n) is 6.15. The molecule has 2 rings (SSSR count). The van der Waals surface area contributed by atoms with Crippen molar-refractivity contribution in [2.75, 3.05) is 13.1 Å². The molecule has 1 aliphatic heterocycles. The van der Waals surface area contributed by atoms with Crippen molar-refractivity contribution in [2.45, 2.75) is 39.7 Å². The minimum Gasteiger partial charge on any atom is -0.356 e. The van der Waals surface area contributed by atoms with E-state index in [1.165, 1.54) is 10.6 Å². The summed E-state index contributed by atoms with van der Waals surface area (Å²) in [6.45, 7) is 9.22. The lowest BCUT2D eigenvalue weighted by atomic mass is 10.1. The maximum atomic E-state index is 4.67. The molecule has 0 aliphatic carbocycles. The molecule has 0 saturated carbocycles. The molecule has 0 bridgehead atoms. The number of nitrogens with zero attached hydrogens (tertiary/aromatic N) is 2. The minimum atomic E-state index is 0. The van der Waals surface area contributed by atoms with Crippen LogP contribution in [0.25, 0.3) is 0 Å². The van der Waals surface area contributed by atoms with Crippen LogP contribution in [0.1, 0.15) is 41.8 Å². The topological polar surface area (TPSA) is 49.3 Å². The van der Waals surface area contributed by atoms with Gasteiger partial charge in [-0.05, 0) is 19.3 Å². The van der Waals surface area contributed by atoms with Gasteiger partial charge in [0.1, 0.15) is 5.01 Å². The average molecular weight is 380 g/mol. The first-order chi connectivity index (χ1) is 8.16. The number of aromatic nitrogens is 1. The SMILES string of the molecule is Cc1sc(CNC2=NCCCN2)nc1C(C)C.I. The van der Waals surface area contributed by atoms with Gasteiger partial charge in [0.15, 0.2) is 5.96 Å². The summed E-state index contributed by atoms with van der Waals surface area (Å²) in [5.41, 5.74) is 1.23. The van der Waals surface area contributed by atoms with E-state index in [1.54, 1.807) is 11.3 Å². The van der Waals surface area contributed by atoms with Gasteiger partial charge in [-0.2, -0.15) is 0 Å². The lowest BCUT2D eigenvalue weighted by Crippen LogP contribution is -2.40. The van der Waals surface area contributed by atoms with E-state index in [1.807, 2.05) is 0 Å². The summed E-state index contributed by atoms with van der Waals surface area (Å²) < 4.78 is 0. The summed E-state index contributed by atoms with van der Waals surface area (Å²) in [5.74, 6) is 1.42. The van der Waals surface area contributed by atoms with E-state index in [0.29, 0.717) is 5.92 Å². The number of aryl methyl sites for hydroxylation is 1. The number of aliphatic imine (C=N–C) groups is 1. The Morgan fingerprint density at radius 1 is 1.44 bits per heavy atom. The predicted octanol–water partition coefficient (Wildman–Crippen LogP) is 2.63. The Hall–Kier alpha value is -0.370. The van der Waals surface area contributed by atoms with Crippen molar-refractivity contribution in [1.82, 2.24) is 15.6 Å². The zero-order chi connectivity index (χ0) is 12.3. The van der Waals surface area contributed by atoms with Crippen molar-refractivity contribution in [3.8, 4) is 0 Å². The molecule has 0 spiro atoms. The summed E-state index contributed by atoms with van der Waals surface area (Å²) in [6.07, 6.45) is 1.12. The van der Waals surface area contributed by atoms with Crippen LogP contribution < -0.4 is 10.6 Å². The van der Waals surface area contributed by atoms with Crippen molar-refractivity contribution < 1.29 is 0 Å². The number of rotatable bonds is 3. The summed E-state index contributed by atoms with van der Waals surface area (Å²) >= 11 is 1.77. The van der Waals surface area contributed by atoms with Gasteiger partial charge in [0, 0.05) is 18.0 Å². The molecule has 1 aromatic rings. The molecule has 0 aromatic carbocycles. The van der Waals surface area contributed by atoms with Crippen molar-refractivity contribution in [3.05, 3.63) is 15.6 Å². The Kier molecular flexibility index (Phi) is 6.34. The third-order valence-electron chi connectivity index (χ3n) is 2.73. The molecule has 0 unspecified atom stereocenters. The molecular formula is C12H21IN4S. The van der Waals surface area contributed by atoms with Gasteiger partial charge in [0.05, 0.1) is 12.2 Å². The Balaban J connectivity index is 0.00000162. The maximum Gasteiger partial charge on any atom is 0.191 e. The summed E-state index contributed by atoms with van der Waals surface area (Å²) in [6, 6.07) is 0. The standard InChI is InChI=1S/C12H20N4S.HI/c1-8(2)11-9(3)17-10(16-11)7-15-12-13-5-4-6-14-12;/h8H,4-7H2,1-3H3,(H2,13,14,15);1H. The number of hydrogen-bond donors (Lipinski definition) is 2. The second-order valence-electron chi connectivity index (χ2n) is 4.57. The fraction of sp³-hybridized carbons (Fsp3) is 0.667. The molecule has 18 heavy (non-hydrogen) atoms. The summed E-state index contributed by atoms with van der Waals surface area (Å²) in [7, 11) is 0. The molecule has 0 radical (unpaired) electrons. The smallest absolute Gasteiger partial charge is 0.191 e. The molecule has 102 valence electrons. The average Bonchev–Trinajstić information content (AvgIpc) is 2.69. The van der Waals surface area contributed by atoms with Gasteiger partial charge < -0.3 is 10.6 Å². The third-order valence-corrected chi connectivity index (χ3v) is 3.71. The molecule has 2 heterocycles. The van der Waals surface area contributed by atoms with E-state index in [0.717, 1.165) is 37.0 Å². The van der Waals surface area contributed by atoms with Crippen LogP contribution in [0.5, 0.6) is 0 Å². The summed E-state index contributed by atoms with van der Waals surface area (Å²) in [4.78, 5) is 10.4. The molecule has 6 heteroatoms. The molecule has 1 aromatic heterocycles. The lowest BCUT2D eigenvalue weighted by Gasteiger charge is -2.15. The predicted molar refractivity (Wildman–Crippen MR) is 88.1 cm³/mol. The van der Waals surface area contributed by atoms with E-state index >= 15 is 0 Å². The van der Waals surface area contributed by atoms with E-state index in [9.17, 15) is 0 Å². The van der Waals surface area contributed by atoms with Crippen molar-refractivity contribution >= 4 is 41.3 Å². The van der Waals surface area contributed by atoms with Crippen molar-refractivity contribution in [3.63, 3.8) is 0 Å². The lowest BCUT2D eigenvalue weighted by molar-refractivity contribution is 0.699. The zero-order valence-electron chi connectivity index (χ0n) is 11.1. The summed E-state index contributed by atoms with van der Waals surface area (Å²) in [5, 5.41) is 7.69. The highest BCUT2D eigenvalue weighted by atomic mass is 127. The van der Waals surface area contributed by atoms with Gasteiger partial charge >= 0.3 is 0 Å². The monoisotopic (exact) mass is 380 g/mol. The van der Waals surface area contributed by atoms with Crippen LogP contribution in [0.15, 0.2) is 4.99 Å². The largest absolute Gasteiger partial charge is 0.356 e. The molecule has 2 N–H and O–H groups in total. The molecule has 0 fully saturated rings. The highest BCUT2D eigenvalue weighted by Crippen LogP contribution is 2.23. The molecule has 4 nitrogen and oxygen atoms in total. The second-order valence-corrected chi connectivity index (χ2v) is 5.86. The Labute approximate surface area is 130 Å². The normalized spacial score (nSPS) is 14.8. The molecule has 1 aliphatic rings. The number of thiazole rings is 1. The Bertz CT molecular complexity index is 414. The van der Waals surface area contributed by atoms with Gasteiger partial charge in [0.2, 0.25) is 0 Å². The van der Waals surface area contributed by atoms with Gasteiger partial charge in [-0.25, -0.2) is 4.98 Å². The van der Waals surface area contributed by atoms with Gasteiger partial charge in [0.25, 0.3) is 0 Å². The number of hydrogen-bond acceptors (Lipinski definition) is 5. The van der Waals surface area contributed by atoms with Crippen LogP contribution in [-0.4, -0.2) is 24.0 Å². The number of guanidine groups is 1. The van der Waals surface area contributed by atoms with Gasteiger partial charge in [-0.3, -0.25) is 4.99 Å². The van der Waals surface area contributed by atoms with E-state index in [2.05, 4.69) is 41.4 Å². The maximum absolute atomic E-state index is 4.67. The highest BCUT2D eigenvalue weighted by molar-refractivity contribution is 14.0.